The first kappa shape index (κ1) is 27.3. The van der Waals surface area contributed by atoms with E-state index in [1.165, 1.54) is 5.69 Å². The minimum atomic E-state index is -0.350. The van der Waals surface area contributed by atoms with Crippen molar-refractivity contribution < 1.29 is 9.59 Å². The molecule has 3 aromatic rings. The first-order valence-corrected chi connectivity index (χ1v) is 14.0. The number of nitrogens with one attached hydrogen (secondary N) is 2. The molecule has 2 N–H and O–H groups in total. The molecule has 1 fully saturated rings. The lowest BCUT2D eigenvalue weighted by Gasteiger charge is -2.38. The molecule has 1 unspecified atom stereocenters. The van der Waals surface area contributed by atoms with Gasteiger partial charge < -0.3 is 20.4 Å². The highest BCUT2D eigenvalue weighted by Gasteiger charge is 2.38. The minimum Gasteiger partial charge on any atom is -0.371 e. The number of carbonyl (C=O) groups excluding carboxylic acids is 2. The van der Waals surface area contributed by atoms with Crippen LogP contribution in [0.4, 0.5) is 16.2 Å². The van der Waals surface area contributed by atoms with Crippen molar-refractivity contribution >= 4 is 46.5 Å². The second-order valence-electron chi connectivity index (χ2n) is 11.0. The van der Waals surface area contributed by atoms with Gasteiger partial charge in [-0.1, -0.05) is 43.1 Å². The number of urea groups is 1. The van der Waals surface area contributed by atoms with Gasteiger partial charge in [0, 0.05) is 65.6 Å². The van der Waals surface area contributed by atoms with E-state index < -0.39 is 0 Å². The normalized spacial score (nSPS) is 18.4. The van der Waals surface area contributed by atoms with Gasteiger partial charge in [-0.3, -0.25) is 9.78 Å². The van der Waals surface area contributed by atoms with Crippen LogP contribution in [0.5, 0.6) is 0 Å². The van der Waals surface area contributed by atoms with E-state index in [1.54, 1.807) is 18.2 Å². The largest absolute Gasteiger partial charge is 0.371 e. The Labute approximate surface area is 239 Å². The molecule has 0 saturated carbocycles. The summed E-state index contributed by atoms with van der Waals surface area (Å²) >= 11 is 12.2. The molecule has 39 heavy (non-hydrogen) atoms. The molecule has 2 aliphatic rings. The zero-order valence-corrected chi connectivity index (χ0v) is 23.9. The summed E-state index contributed by atoms with van der Waals surface area (Å²) in [7, 11) is 1.89. The maximum Gasteiger partial charge on any atom is 0.319 e. The number of hydrogen-bond donors (Lipinski definition) is 2. The third kappa shape index (κ3) is 5.99. The molecule has 3 amide bonds. The quantitative estimate of drug-likeness (QED) is 0.362. The third-order valence-electron chi connectivity index (χ3n) is 7.90. The van der Waals surface area contributed by atoms with Gasteiger partial charge in [-0.2, -0.15) is 0 Å². The average Bonchev–Trinajstić information content (AvgIpc) is 3.16. The van der Waals surface area contributed by atoms with E-state index in [-0.39, 0.29) is 29.4 Å². The first-order chi connectivity index (χ1) is 18.6. The maximum absolute atomic E-state index is 13.6. The van der Waals surface area contributed by atoms with Crippen LogP contribution in [0.15, 0.2) is 60.9 Å². The van der Waals surface area contributed by atoms with Gasteiger partial charge in [-0.25, -0.2) is 4.79 Å². The van der Waals surface area contributed by atoms with Crippen LogP contribution in [0.2, 0.25) is 10.0 Å². The fraction of sp³-hybridized carbons (Fsp3) is 0.367. The van der Waals surface area contributed by atoms with Gasteiger partial charge in [0.2, 0.25) is 0 Å². The fourth-order valence-corrected chi connectivity index (χ4v) is 6.37. The number of fused-ring (bicyclic) bond motifs is 1. The molecule has 0 radical (unpaired) electrons. The Morgan fingerprint density at radius 3 is 2.33 bits per heavy atom. The van der Waals surface area contributed by atoms with Gasteiger partial charge in [0.1, 0.15) is 0 Å². The predicted molar refractivity (Wildman–Crippen MR) is 157 cm³/mol. The molecule has 9 heteroatoms. The predicted octanol–water partition coefficient (Wildman–Crippen LogP) is 6.67. The van der Waals surface area contributed by atoms with Gasteiger partial charge >= 0.3 is 6.03 Å². The average molecular weight is 567 g/mol. The molecular weight excluding hydrogens is 533 g/mol. The Hall–Kier alpha value is -3.29. The Morgan fingerprint density at radius 1 is 1.00 bits per heavy atom. The van der Waals surface area contributed by atoms with Crippen LogP contribution in [-0.4, -0.2) is 48.0 Å². The summed E-state index contributed by atoms with van der Waals surface area (Å²) in [6.07, 6.45) is 6.16. The molecule has 1 aliphatic carbocycles. The molecule has 7 nitrogen and oxygen atoms in total. The number of halogens is 2. The molecule has 1 aromatic heterocycles. The van der Waals surface area contributed by atoms with Crippen LogP contribution in [-0.2, 0) is 5.41 Å². The molecule has 5 rings (SSSR count). The number of aromatic nitrogens is 1. The summed E-state index contributed by atoms with van der Waals surface area (Å²) in [5, 5.41) is 6.80. The number of benzene rings is 2. The van der Waals surface area contributed by atoms with Crippen molar-refractivity contribution in [2.45, 2.75) is 50.6 Å². The summed E-state index contributed by atoms with van der Waals surface area (Å²) < 4.78 is 0. The van der Waals surface area contributed by atoms with E-state index in [0.717, 1.165) is 43.5 Å². The zero-order valence-electron chi connectivity index (χ0n) is 22.4. The molecule has 1 aliphatic heterocycles. The Bertz CT molecular complexity index is 1350. The van der Waals surface area contributed by atoms with Gasteiger partial charge in [-0.05, 0) is 78.3 Å². The third-order valence-corrected chi connectivity index (χ3v) is 8.34. The van der Waals surface area contributed by atoms with Crippen molar-refractivity contribution in [1.29, 1.82) is 0 Å². The fourth-order valence-electron chi connectivity index (χ4n) is 5.85. The highest BCUT2D eigenvalue weighted by Crippen LogP contribution is 2.45. The minimum absolute atomic E-state index is 0.00152. The summed E-state index contributed by atoms with van der Waals surface area (Å²) in [6, 6.07) is 14.5. The molecule has 1 saturated heterocycles. The molecule has 0 spiro atoms. The first-order valence-electron chi connectivity index (χ1n) is 13.2. The van der Waals surface area contributed by atoms with Crippen molar-refractivity contribution in [1.82, 2.24) is 15.2 Å². The number of pyridine rings is 1. The molecule has 2 aromatic carbocycles. The van der Waals surface area contributed by atoms with E-state index in [1.807, 2.05) is 54.7 Å². The molecule has 2 heterocycles. The number of nitrogens with zero attached hydrogens (tertiary/aromatic N) is 3. The number of hydrogen-bond acceptors (Lipinski definition) is 4. The molecular formula is C30H33Cl2N5O2. The zero-order chi connectivity index (χ0) is 27.7. The van der Waals surface area contributed by atoms with Crippen LogP contribution in [0, 0.1) is 0 Å². The number of rotatable bonds is 5. The summed E-state index contributed by atoms with van der Waals surface area (Å²) in [6.45, 7) is 6.10. The van der Waals surface area contributed by atoms with Gasteiger partial charge in [0.05, 0.1) is 6.04 Å². The van der Waals surface area contributed by atoms with Gasteiger partial charge in [0.25, 0.3) is 5.91 Å². The highest BCUT2D eigenvalue weighted by molar-refractivity contribution is 6.35. The van der Waals surface area contributed by atoms with Gasteiger partial charge in [-0.15, -0.1) is 0 Å². The van der Waals surface area contributed by atoms with Crippen LogP contribution < -0.4 is 15.5 Å². The van der Waals surface area contributed by atoms with Crippen LogP contribution >= 0.6 is 23.2 Å². The summed E-state index contributed by atoms with van der Waals surface area (Å²) in [5.41, 5.74) is 4.30. The lowest BCUT2D eigenvalue weighted by atomic mass is 9.86. The molecule has 204 valence electrons. The monoisotopic (exact) mass is 565 g/mol. The van der Waals surface area contributed by atoms with Gasteiger partial charge in [0.15, 0.2) is 0 Å². The molecule has 0 bridgehead atoms. The van der Waals surface area contributed by atoms with Crippen LogP contribution in [0.3, 0.4) is 0 Å². The maximum atomic E-state index is 13.6. The van der Waals surface area contributed by atoms with E-state index in [2.05, 4.69) is 34.4 Å². The van der Waals surface area contributed by atoms with Crippen LogP contribution in [0.1, 0.15) is 60.6 Å². The van der Waals surface area contributed by atoms with E-state index >= 15 is 0 Å². The van der Waals surface area contributed by atoms with Crippen molar-refractivity contribution in [2.75, 3.05) is 30.4 Å². The van der Waals surface area contributed by atoms with Crippen molar-refractivity contribution in [2.24, 2.45) is 0 Å². The van der Waals surface area contributed by atoms with Crippen molar-refractivity contribution in [3.8, 4) is 0 Å². The Balaban J connectivity index is 1.27. The van der Waals surface area contributed by atoms with Crippen molar-refractivity contribution in [3.05, 3.63) is 87.7 Å². The number of piperidine rings is 1. The molecule has 1 atom stereocenters. The SMILES string of the molecule is CN(C(=O)c1ccc2c(c1)C(NC(=O)Nc1cc(Cl)cc(Cl)c1)CC2(C)C)C1CCN(c2ccncc2)CC1. The standard InChI is InChI=1S/C30H33Cl2N5O2/c1-30(2)18-27(35-29(39)34-22-16-20(31)15-21(32)17-22)25-14-19(4-5-26(25)30)28(38)36(3)23-8-12-37(13-9-23)24-6-10-33-11-7-24/h4-7,10-11,14-17,23,27H,8-9,12-13,18H2,1-3H3,(H2,34,35,39). The van der Waals surface area contributed by atoms with E-state index in [4.69, 9.17) is 23.2 Å². The smallest absolute Gasteiger partial charge is 0.319 e. The Kier molecular flexibility index (Phi) is 7.74. The highest BCUT2D eigenvalue weighted by atomic mass is 35.5. The van der Waals surface area contributed by atoms with Crippen LogP contribution in [0.25, 0.3) is 0 Å². The number of amides is 3. The summed E-state index contributed by atoms with van der Waals surface area (Å²) in [5.74, 6) is 0.00152. The number of carbonyl (C=O) groups is 2. The van der Waals surface area contributed by atoms with E-state index in [0.29, 0.717) is 21.3 Å². The second-order valence-corrected chi connectivity index (χ2v) is 11.9. The Morgan fingerprint density at radius 2 is 1.67 bits per heavy atom. The summed E-state index contributed by atoms with van der Waals surface area (Å²) in [4.78, 5) is 34.8. The lowest BCUT2D eigenvalue weighted by molar-refractivity contribution is 0.0709. The number of anilines is 2. The van der Waals surface area contributed by atoms with E-state index in [9.17, 15) is 9.59 Å². The lowest BCUT2D eigenvalue weighted by Crippen LogP contribution is -2.45. The topological polar surface area (TPSA) is 77.6 Å². The second kappa shape index (κ2) is 11.1. The van der Waals surface area contributed by atoms with Crippen molar-refractivity contribution in [3.63, 3.8) is 0 Å².